The van der Waals surface area contributed by atoms with E-state index in [1.165, 1.54) is 12.1 Å². The standard InChI is InChI=1S/C32H44FN3O3/c1-22-26(14-9-15-27(22)33)28-29(30(38)23-11-8-13-25(37)19-23)36(21-32(28,2)3,18-7-6-17-35(4)5)31(39)24-12-10-16-34-20-24/h8-9,11,13-15,19,24,28-29,34H,6-7,10,12,16-18,20-21H2,1-5H3/p+1/t24-,28-,29+,36?/m0/s1. The molecule has 2 aromatic rings. The molecule has 0 spiro atoms. The molecular formula is C32H45FN3O3+. The molecule has 1 amide bonds. The first-order valence-electron chi connectivity index (χ1n) is 14.3. The molecule has 212 valence electrons. The molecule has 0 aliphatic carbocycles. The van der Waals surface area contributed by atoms with Gasteiger partial charge in [0.25, 0.3) is 0 Å². The first-order chi connectivity index (χ1) is 18.5. The summed E-state index contributed by atoms with van der Waals surface area (Å²) in [4.78, 5) is 31.5. The maximum Gasteiger partial charge on any atom is 0.318 e. The molecule has 7 heteroatoms. The van der Waals surface area contributed by atoms with E-state index in [1.54, 1.807) is 31.2 Å². The van der Waals surface area contributed by atoms with Crippen molar-refractivity contribution in [1.82, 2.24) is 10.2 Å². The Labute approximate surface area is 232 Å². The number of piperidine rings is 1. The van der Waals surface area contributed by atoms with Gasteiger partial charge in [-0.15, -0.1) is 0 Å². The highest BCUT2D eigenvalue weighted by atomic mass is 19.1. The highest BCUT2D eigenvalue weighted by Gasteiger charge is 2.65. The molecular weight excluding hydrogens is 493 g/mol. The van der Waals surface area contributed by atoms with Gasteiger partial charge >= 0.3 is 5.91 Å². The third kappa shape index (κ3) is 5.96. The van der Waals surface area contributed by atoms with E-state index in [2.05, 4.69) is 24.1 Å². The van der Waals surface area contributed by atoms with Crippen LogP contribution in [0.1, 0.15) is 66.9 Å². The van der Waals surface area contributed by atoms with Crippen molar-refractivity contribution < 1.29 is 23.6 Å². The van der Waals surface area contributed by atoms with Crippen molar-refractivity contribution in [1.29, 1.82) is 0 Å². The summed E-state index contributed by atoms with van der Waals surface area (Å²) in [5.41, 5.74) is 1.27. The number of phenolic OH excluding ortho intramolecular Hbond substituents is 1. The molecule has 0 aromatic heterocycles. The molecule has 6 nitrogen and oxygen atoms in total. The van der Waals surface area contributed by atoms with Crippen LogP contribution in [0.4, 0.5) is 4.39 Å². The second kappa shape index (κ2) is 11.9. The number of carbonyl (C=O) groups is 2. The number of aromatic hydroxyl groups is 1. The van der Waals surface area contributed by atoms with Crippen molar-refractivity contribution in [3.8, 4) is 5.75 Å². The Hall–Kier alpha value is -2.61. The minimum absolute atomic E-state index is 0.0171. The number of hydrogen-bond donors (Lipinski definition) is 2. The summed E-state index contributed by atoms with van der Waals surface area (Å²) in [5, 5.41) is 13.6. The minimum Gasteiger partial charge on any atom is -0.508 e. The number of nitrogens with one attached hydrogen (secondary N) is 1. The van der Waals surface area contributed by atoms with E-state index in [0.29, 0.717) is 30.8 Å². The van der Waals surface area contributed by atoms with Crippen molar-refractivity contribution in [3.05, 3.63) is 65.0 Å². The first kappa shape index (κ1) is 29.4. The summed E-state index contributed by atoms with van der Waals surface area (Å²) in [7, 11) is 4.08. The van der Waals surface area contributed by atoms with Gasteiger partial charge in [0.2, 0.25) is 5.78 Å². The summed E-state index contributed by atoms with van der Waals surface area (Å²) in [6, 6.07) is 10.8. The van der Waals surface area contributed by atoms with Gasteiger partial charge in [-0.2, -0.15) is 0 Å². The minimum atomic E-state index is -0.712. The zero-order chi connectivity index (χ0) is 28.4. The lowest BCUT2D eigenvalue weighted by Crippen LogP contribution is -2.63. The van der Waals surface area contributed by atoms with Crippen molar-refractivity contribution >= 4 is 11.7 Å². The molecule has 1 unspecified atom stereocenters. The maximum atomic E-state index is 15.0. The lowest BCUT2D eigenvalue weighted by molar-refractivity contribution is -0.862. The monoisotopic (exact) mass is 538 g/mol. The predicted molar refractivity (Wildman–Crippen MR) is 152 cm³/mol. The number of hydrogen-bond acceptors (Lipinski definition) is 5. The van der Waals surface area contributed by atoms with E-state index in [9.17, 15) is 19.1 Å². The third-order valence-corrected chi connectivity index (χ3v) is 8.92. The molecule has 2 aromatic carbocycles. The van der Waals surface area contributed by atoms with Gasteiger partial charge in [-0.3, -0.25) is 9.28 Å². The number of phenols is 1. The van der Waals surface area contributed by atoms with E-state index in [1.807, 2.05) is 20.2 Å². The summed E-state index contributed by atoms with van der Waals surface area (Å²) in [6.07, 6.45) is 3.46. The van der Waals surface area contributed by atoms with Gasteiger partial charge in [-0.05, 0) is 89.1 Å². The molecule has 2 aliphatic heterocycles. The van der Waals surface area contributed by atoms with Gasteiger partial charge in [-0.25, -0.2) is 9.18 Å². The lowest BCUT2D eigenvalue weighted by atomic mass is 9.72. The molecule has 2 fully saturated rings. The van der Waals surface area contributed by atoms with Crippen molar-refractivity contribution in [2.24, 2.45) is 11.3 Å². The molecule has 39 heavy (non-hydrogen) atoms. The highest BCUT2D eigenvalue weighted by Crippen LogP contribution is 2.53. The van der Waals surface area contributed by atoms with Crippen LogP contribution in [0.2, 0.25) is 0 Å². The molecule has 2 heterocycles. The van der Waals surface area contributed by atoms with Crippen LogP contribution in [0.5, 0.6) is 5.75 Å². The fraction of sp³-hybridized carbons (Fsp3) is 0.562. The van der Waals surface area contributed by atoms with Crippen LogP contribution in [-0.2, 0) is 4.79 Å². The maximum absolute atomic E-state index is 15.0. The van der Waals surface area contributed by atoms with Gasteiger partial charge in [-0.1, -0.05) is 38.1 Å². The quantitative estimate of drug-likeness (QED) is 0.270. The molecule has 0 saturated carbocycles. The Morgan fingerprint density at radius 3 is 2.56 bits per heavy atom. The average Bonchev–Trinajstić information content (AvgIpc) is 3.15. The number of likely N-dealkylation sites (tertiary alicyclic amines) is 1. The number of carbonyl (C=O) groups excluding carboxylic acids is 2. The zero-order valence-electron chi connectivity index (χ0n) is 24.2. The highest BCUT2D eigenvalue weighted by molar-refractivity contribution is 6.01. The summed E-state index contributed by atoms with van der Waals surface area (Å²) >= 11 is 0. The average molecular weight is 539 g/mol. The Morgan fingerprint density at radius 2 is 1.90 bits per heavy atom. The second-order valence-corrected chi connectivity index (χ2v) is 12.6. The van der Waals surface area contributed by atoms with Gasteiger partial charge in [0.1, 0.15) is 11.6 Å². The van der Waals surface area contributed by atoms with E-state index < -0.39 is 11.5 Å². The summed E-state index contributed by atoms with van der Waals surface area (Å²) in [6.45, 7) is 9.51. The zero-order valence-corrected chi connectivity index (χ0v) is 24.2. The number of Topliss-reactive ketones (excluding diaryl/α,β-unsaturated/α-hetero) is 1. The number of rotatable bonds is 9. The largest absolute Gasteiger partial charge is 0.508 e. The third-order valence-electron chi connectivity index (χ3n) is 8.92. The molecule has 2 N–H and O–H groups in total. The first-order valence-corrected chi connectivity index (χ1v) is 14.3. The normalized spacial score (nSPS) is 26.6. The lowest BCUT2D eigenvalue weighted by Gasteiger charge is -2.41. The van der Waals surface area contributed by atoms with Crippen LogP contribution in [-0.4, -0.2) is 79.0 Å². The van der Waals surface area contributed by atoms with Crippen LogP contribution in [0.3, 0.4) is 0 Å². The van der Waals surface area contributed by atoms with E-state index in [-0.39, 0.29) is 39.6 Å². The number of unbranched alkanes of at least 4 members (excludes halogenated alkanes) is 1. The summed E-state index contributed by atoms with van der Waals surface area (Å²) in [5.74, 6) is -0.855. The van der Waals surface area contributed by atoms with E-state index in [4.69, 9.17) is 0 Å². The number of nitrogens with zero attached hydrogens (tertiary/aromatic N) is 2. The molecule has 0 bridgehead atoms. The van der Waals surface area contributed by atoms with Crippen LogP contribution in [0.15, 0.2) is 42.5 Å². The van der Waals surface area contributed by atoms with Crippen molar-refractivity contribution in [2.75, 3.05) is 46.8 Å². The van der Waals surface area contributed by atoms with Crippen LogP contribution >= 0.6 is 0 Å². The predicted octanol–water partition coefficient (Wildman–Crippen LogP) is 4.90. The smallest absolute Gasteiger partial charge is 0.318 e. The van der Waals surface area contributed by atoms with Gasteiger partial charge in [0.05, 0.1) is 24.9 Å². The van der Waals surface area contributed by atoms with Gasteiger partial charge in [0, 0.05) is 17.5 Å². The second-order valence-electron chi connectivity index (χ2n) is 12.6. The molecule has 0 radical (unpaired) electrons. The Kier molecular flexibility index (Phi) is 8.94. The summed E-state index contributed by atoms with van der Waals surface area (Å²) < 4.78 is 15.0. The topological polar surface area (TPSA) is 69.6 Å². The van der Waals surface area contributed by atoms with E-state index >= 15 is 0 Å². The van der Waals surface area contributed by atoms with Crippen molar-refractivity contribution in [2.45, 2.75) is 58.4 Å². The molecule has 2 aliphatic rings. The van der Waals surface area contributed by atoms with Crippen molar-refractivity contribution in [3.63, 3.8) is 0 Å². The fourth-order valence-corrected chi connectivity index (χ4v) is 7.19. The number of halogens is 1. The SMILES string of the molecule is Cc1c(F)cccc1[C@H]1[C@H](C(=O)c2cccc(O)c2)[N+](CCCCN(C)C)(C(=O)[C@H]2CCCNC2)CC1(C)C. The van der Waals surface area contributed by atoms with Gasteiger partial charge in [0.15, 0.2) is 6.04 Å². The number of benzene rings is 2. The van der Waals surface area contributed by atoms with Crippen LogP contribution < -0.4 is 5.32 Å². The number of ketones is 1. The molecule has 2 saturated heterocycles. The van der Waals surface area contributed by atoms with Gasteiger partial charge < -0.3 is 15.3 Å². The number of quaternary nitrogens is 1. The van der Waals surface area contributed by atoms with E-state index in [0.717, 1.165) is 44.3 Å². The Morgan fingerprint density at radius 1 is 1.15 bits per heavy atom. The fourth-order valence-electron chi connectivity index (χ4n) is 7.19. The Bertz CT molecular complexity index is 1190. The Balaban J connectivity index is 1.90. The number of amides is 1. The van der Waals surface area contributed by atoms with Crippen LogP contribution in [0, 0.1) is 24.1 Å². The molecule has 4 atom stereocenters. The molecule has 4 rings (SSSR count). The van der Waals surface area contributed by atoms with Crippen LogP contribution in [0.25, 0.3) is 0 Å².